The predicted octanol–water partition coefficient (Wildman–Crippen LogP) is 6.13. The van der Waals surface area contributed by atoms with Crippen LogP contribution >= 0.6 is 0 Å². The minimum atomic E-state index is 0.0798. The van der Waals surface area contributed by atoms with Crippen LogP contribution in [0.1, 0.15) is 103 Å². The van der Waals surface area contributed by atoms with Gasteiger partial charge in [-0.3, -0.25) is 4.79 Å². The van der Waals surface area contributed by atoms with Crippen molar-refractivity contribution in [3.63, 3.8) is 0 Å². The van der Waals surface area contributed by atoms with Gasteiger partial charge in [0, 0.05) is 12.5 Å². The summed E-state index contributed by atoms with van der Waals surface area (Å²) in [5, 5.41) is 8.70. The Kier molecular flexibility index (Phi) is 18.9. The fourth-order valence-corrected chi connectivity index (χ4v) is 3.05. The van der Waals surface area contributed by atoms with Crippen LogP contribution in [0.3, 0.4) is 0 Å². The molecule has 0 saturated heterocycles. The molecule has 0 fully saturated rings. The molecule has 1 radical (unpaired) electrons. The molecule has 1 N–H and O–H groups in total. The van der Waals surface area contributed by atoms with Crippen molar-refractivity contribution in [2.24, 2.45) is 5.92 Å². The first-order valence-corrected chi connectivity index (χ1v) is 9.94. The third kappa shape index (κ3) is 17.6. The predicted molar refractivity (Wildman–Crippen MR) is 100 cm³/mol. The summed E-state index contributed by atoms with van der Waals surface area (Å²) >= 11 is 0. The number of carbonyl (C=O) groups excluding carboxylic acids is 1. The Morgan fingerprint density at radius 2 is 1.13 bits per heavy atom. The molecule has 0 amide bonds. The second-order valence-corrected chi connectivity index (χ2v) is 6.80. The largest absolute Gasteiger partial charge is 0.396 e. The number of hydrogen-bond donors (Lipinski definition) is 1. The molecular weight excluding hydrogens is 284 g/mol. The van der Waals surface area contributed by atoms with Gasteiger partial charge >= 0.3 is 0 Å². The molecule has 2 heteroatoms. The Morgan fingerprint density at radius 3 is 1.48 bits per heavy atom. The molecule has 0 aromatic heterocycles. The zero-order valence-corrected chi connectivity index (χ0v) is 15.2. The maximum Gasteiger partial charge on any atom is 0.202 e. The molecule has 0 aromatic rings. The second kappa shape index (κ2) is 19.4. The van der Waals surface area contributed by atoms with Crippen LogP contribution in [-0.4, -0.2) is 18.0 Å². The zero-order valence-electron chi connectivity index (χ0n) is 15.2. The lowest BCUT2D eigenvalue weighted by atomic mass is 9.98. The molecule has 0 bridgehead atoms. The standard InChI is InChI=1S/C21H39O2/c1-2-17-21(20-23)18-15-13-11-9-7-5-3-4-6-8-10-12-14-16-19-22/h2,21-22H,1,3-19H2. The lowest BCUT2D eigenvalue weighted by Gasteiger charge is -2.06. The van der Waals surface area contributed by atoms with Gasteiger partial charge in [0.25, 0.3) is 0 Å². The van der Waals surface area contributed by atoms with Gasteiger partial charge in [-0.15, -0.1) is 6.58 Å². The Labute approximate surface area is 144 Å². The van der Waals surface area contributed by atoms with E-state index in [4.69, 9.17) is 5.11 Å². The highest BCUT2D eigenvalue weighted by atomic mass is 16.2. The van der Waals surface area contributed by atoms with Gasteiger partial charge in [-0.25, -0.2) is 0 Å². The fourth-order valence-electron chi connectivity index (χ4n) is 3.05. The summed E-state index contributed by atoms with van der Waals surface area (Å²) in [6.07, 6.45) is 23.8. The maximum atomic E-state index is 10.7. The zero-order chi connectivity index (χ0) is 17.0. The van der Waals surface area contributed by atoms with E-state index in [-0.39, 0.29) is 5.92 Å². The Morgan fingerprint density at radius 1 is 0.739 bits per heavy atom. The van der Waals surface area contributed by atoms with E-state index in [9.17, 15) is 4.79 Å². The van der Waals surface area contributed by atoms with E-state index >= 15 is 0 Å². The highest BCUT2D eigenvalue weighted by Crippen LogP contribution is 2.15. The first-order valence-electron chi connectivity index (χ1n) is 9.94. The molecule has 135 valence electrons. The molecule has 23 heavy (non-hydrogen) atoms. The fraction of sp³-hybridized carbons (Fsp3) is 0.857. The van der Waals surface area contributed by atoms with Crippen LogP contribution in [0, 0.1) is 5.92 Å². The van der Waals surface area contributed by atoms with E-state index in [1.165, 1.54) is 77.0 Å². The summed E-state index contributed by atoms with van der Waals surface area (Å²) in [4.78, 5) is 10.7. The highest BCUT2D eigenvalue weighted by molar-refractivity contribution is 5.54. The highest BCUT2D eigenvalue weighted by Gasteiger charge is 2.05. The van der Waals surface area contributed by atoms with E-state index in [0.717, 1.165) is 25.7 Å². The van der Waals surface area contributed by atoms with Crippen LogP contribution in [0.4, 0.5) is 0 Å². The van der Waals surface area contributed by atoms with Crippen molar-refractivity contribution in [2.45, 2.75) is 103 Å². The summed E-state index contributed by atoms with van der Waals surface area (Å²) in [7, 11) is 0. The molecule has 0 aliphatic carbocycles. The van der Waals surface area contributed by atoms with Crippen LogP contribution in [-0.2, 0) is 4.79 Å². The van der Waals surface area contributed by atoms with Crippen molar-refractivity contribution in [2.75, 3.05) is 6.61 Å². The number of allylic oxidation sites excluding steroid dienone is 1. The van der Waals surface area contributed by atoms with Gasteiger partial charge in [0.05, 0.1) is 0 Å². The van der Waals surface area contributed by atoms with E-state index in [0.29, 0.717) is 6.61 Å². The van der Waals surface area contributed by atoms with Crippen molar-refractivity contribution in [1.82, 2.24) is 0 Å². The lowest BCUT2D eigenvalue weighted by molar-refractivity contribution is 0.282. The number of aliphatic hydroxyl groups is 1. The number of rotatable bonds is 19. The van der Waals surface area contributed by atoms with E-state index in [1.54, 1.807) is 0 Å². The van der Waals surface area contributed by atoms with Gasteiger partial charge in [0.15, 0.2) is 0 Å². The Balaban J connectivity index is 3.10. The first kappa shape index (κ1) is 22.4. The summed E-state index contributed by atoms with van der Waals surface area (Å²) in [5.74, 6) is 0.0798. The van der Waals surface area contributed by atoms with E-state index in [2.05, 4.69) is 12.9 Å². The van der Waals surface area contributed by atoms with Crippen LogP contribution in [0.2, 0.25) is 0 Å². The molecule has 2 nitrogen and oxygen atoms in total. The Hall–Kier alpha value is -0.630. The molecule has 0 spiro atoms. The van der Waals surface area contributed by atoms with Crippen LogP contribution in [0.5, 0.6) is 0 Å². The third-order valence-corrected chi connectivity index (χ3v) is 4.58. The molecule has 0 saturated carbocycles. The van der Waals surface area contributed by atoms with E-state index in [1.807, 2.05) is 6.08 Å². The van der Waals surface area contributed by atoms with Crippen LogP contribution < -0.4 is 0 Å². The molecule has 0 aliphatic rings. The summed E-state index contributed by atoms with van der Waals surface area (Å²) in [6.45, 7) is 4.03. The lowest BCUT2D eigenvalue weighted by Crippen LogP contribution is -1.99. The van der Waals surface area contributed by atoms with Gasteiger partial charge in [-0.2, -0.15) is 0 Å². The minimum absolute atomic E-state index is 0.0798. The van der Waals surface area contributed by atoms with Gasteiger partial charge in [0.2, 0.25) is 6.29 Å². The van der Waals surface area contributed by atoms with E-state index < -0.39 is 0 Å². The average molecular weight is 324 g/mol. The molecule has 0 heterocycles. The summed E-state index contributed by atoms with van der Waals surface area (Å²) in [6, 6.07) is 0. The van der Waals surface area contributed by atoms with Crippen LogP contribution in [0.25, 0.3) is 0 Å². The second-order valence-electron chi connectivity index (χ2n) is 6.80. The topological polar surface area (TPSA) is 37.3 Å². The SMILES string of the molecule is C=CCC([C]=O)CCCCCCCCCCCCCCCCO. The number of aliphatic hydroxyl groups excluding tert-OH is 1. The van der Waals surface area contributed by atoms with Gasteiger partial charge < -0.3 is 5.11 Å². The summed E-state index contributed by atoms with van der Waals surface area (Å²) < 4.78 is 0. The van der Waals surface area contributed by atoms with Gasteiger partial charge in [0.1, 0.15) is 0 Å². The van der Waals surface area contributed by atoms with Gasteiger partial charge in [-0.05, 0) is 19.3 Å². The molecule has 1 atom stereocenters. The molecular formula is C21H39O2. The quantitative estimate of drug-likeness (QED) is 0.229. The van der Waals surface area contributed by atoms with Crippen LogP contribution in [0.15, 0.2) is 12.7 Å². The average Bonchev–Trinajstić information content (AvgIpc) is 2.57. The van der Waals surface area contributed by atoms with Crippen molar-refractivity contribution < 1.29 is 9.90 Å². The maximum absolute atomic E-state index is 10.7. The van der Waals surface area contributed by atoms with Gasteiger partial charge in [-0.1, -0.05) is 89.5 Å². The monoisotopic (exact) mass is 323 g/mol. The van der Waals surface area contributed by atoms with Crippen molar-refractivity contribution in [3.8, 4) is 0 Å². The first-order chi connectivity index (χ1) is 11.3. The smallest absolute Gasteiger partial charge is 0.202 e. The molecule has 0 aliphatic heterocycles. The number of hydrogen-bond acceptors (Lipinski definition) is 2. The van der Waals surface area contributed by atoms with Crippen molar-refractivity contribution in [1.29, 1.82) is 0 Å². The Bertz CT molecular complexity index is 250. The molecule has 0 rings (SSSR count). The van der Waals surface area contributed by atoms with Crippen molar-refractivity contribution in [3.05, 3.63) is 12.7 Å². The van der Waals surface area contributed by atoms with Crippen molar-refractivity contribution >= 4 is 6.29 Å². The normalized spacial score (nSPS) is 12.2. The molecule has 1 unspecified atom stereocenters. The number of unbranched alkanes of at least 4 members (excludes halogenated alkanes) is 13. The third-order valence-electron chi connectivity index (χ3n) is 4.58. The molecule has 0 aromatic carbocycles. The summed E-state index contributed by atoms with van der Waals surface area (Å²) in [5.41, 5.74) is 0. The minimum Gasteiger partial charge on any atom is -0.396 e.